The van der Waals surface area contributed by atoms with Crippen molar-refractivity contribution in [3.8, 4) is 11.5 Å². The molecule has 0 aliphatic carbocycles. The lowest BCUT2D eigenvalue weighted by Crippen LogP contribution is -2.04. The second-order valence-corrected chi connectivity index (χ2v) is 3.90. The van der Waals surface area contributed by atoms with Crippen LogP contribution in [0.1, 0.15) is 11.1 Å². The number of rotatable bonds is 3. The summed E-state index contributed by atoms with van der Waals surface area (Å²) < 4.78 is 10.9. The van der Waals surface area contributed by atoms with Gasteiger partial charge in [-0.15, -0.1) is 0 Å². The first kappa shape index (κ1) is 10.6. The van der Waals surface area contributed by atoms with E-state index in [1.165, 1.54) is 0 Å². The summed E-state index contributed by atoms with van der Waals surface area (Å²) in [4.78, 5) is 0. The molecule has 1 aromatic carbocycles. The lowest BCUT2D eigenvalue weighted by molar-refractivity contribution is 0.353. The average molecular weight is 228 g/mol. The topological polar surface area (TPSA) is 44.5 Å². The highest BCUT2D eigenvalue weighted by Crippen LogP contribution is 2.41. The largest absolute Gasteiger partial charge is 0.495 e. The Hall–Kier alpha value is -0.930. The summed E-state index contributed by atoms with van der Waals surface area (Å²) in [6.07, 6.45) is 1.64. The number of hydrogen-bond acceptors (Lipinski definition) is 3. The Bertz CT molecular complexity index is 379. The molecule has 0 atom stereocenters. The van der Waals surface area contributed by atoms with Crippen molar-refractivity contribution in [3.05, 3.63) is 22.2 Å². The summed E-state index contributed by atoms with van der Waals surface area (Å²) in [5, 5.41) is 0.644. The Kier molecular flexibility index (Phi) is 3.03. The summed E-state index contributed by atoms with van der Waals surface area (Å²) >= 11 is 6.13. The average Bonchev–Trinajstić information content (AvgIpc) is 2.67. The van der Waals surface area contributed by atoms with E-state index in [2.05, 4.69) is 0 Å². The third kappa shape index (κ3) is 1.77. The third-order valence-electron chi connectivity index (χ3n) is 2.57. The molecule has 4 heteroatoms. The first-order chi connectivity index (χ1) is 7.27. The van der Waals surface area contributed by atoms with Crippen LogP contribution in [0.3, 0.4) is 0 Å². The van der Waals surface area contributed by atoms with Crippen LogP contribution in [0.15, 0.2) is 6.07 Å². The van der Waals surface area contributed by atoms with E-state index in [4.69, 9.17) is 26.8 Å². The van der Waals surface area contributed by atoms with Gasteiger partial charge in [0.05, 0.1) is 18.7 Å². The molecular formula is C11H14ClNO2. The molecule has 0 saturated carbocycles. The molecule has 2 rings (SSSR count). The number of benzene rings is 1. The first-order valence-electron chi connectivity index (χ1n) is 4.99. The number of fused-ring (bicyclic) bond motifs is 1. The summed E-state index contributed by atoms with van der Waals surface area (Å²) in [6, 6.07) is 1.89. The zero-order valence-electron chi connectivity index (χ0n) is 8.68. The number of hydrogen-bond donors (Lipinski definition) is 1. The second kappa shape index (κ2) is 4.29. The van der Waals surface area contributed by atoms with Crippen molar-refractivity contribution in [3.63, 3.8) is 0 Å². The molecule has 0 radical (unpaired) electrons. The Morgan fingerprint density at radius 1 is 1.60 bits per heavy atom. The van der Waals surface area contributed by atoms with Crippen LogP contribution in [0.25, 0.3) is 0 Å². The highest BCUT2D eigenvalue weighted by molar-refractivity contribution is 6.32. The molecular weight excluding hydrogens is 214 g/mol. The van der Waals surface area contributed by atoms with Crippen molar-refractivity contribution in [2.24, 2.45) is 5.73 Å². The van der Waals surface area contributed by atoms with Crippen LogP contribution in [0, 0.1) is 0 Å². The Balaban J connectivity index is 2.52. The van der Waals surface area contributed by atoms with E-state index < -0.39 is 0 Å². The Labute approximate surface area is 94.1 Å². The van der Waals surface area contributed by atoms with Gasteiger partial charge >= 0.3 is 0 Å². The highest BCUT2D eigenvalue weighted by Gasteiger charge is 2.23. The van der Waals surface area contributed by atoms with Crippen LogP contribution in [0.2, 0.25) is 5.02 Å². The molecule has 0 spiro atoms. The minimum atomic E-state index is 0.596. The van der Waals surface area contributed by atoms with Crippen LogP contribution in [0.4, 0.5) is 0 Å². The number of nitrogens with two attached hydrogens (primary N) is 1. The zero-order chi connectivity index (χ0) is 10.8. The summed E-state index contributed by atoms with van der Waals surface area (Å²) in [5.41, 5.74) is 7.70. The van der Waals surface area contributed by atoms with Gasteiger partial charge < -0.3 is 15.2 Å². The van der Waals surface area contributed by atoms with E-state index in [1.807, 2.05) is 6.07 Å². The SMILES string of the molecule is COc1c(Cl)cc(CCN)c2c1CCO2. The van der Waals surface area contributed by atoms with Crippen LogP contribution in [-0.4, -0.2) is 20.3 Å². The predicted molar refractivity (Wildman–Crippen MR) is 60.0 cm³/mol. The number of methoxy groups -OCH3 is 1. The number of halogens is 1. The molecule has 1 heterocycles. The lowest BCUT2D eigenvalue weighted by atomic mass is 10.0. The van der Waals surface area contributed by atoms with E-state index in [0.717, 1.165) is 35.5 Å². The van der Waals surface area contributed by atoms with Gasteiger partial charge in [-0.05, 0) is 24.6 Å². The predicted octanol–water partition coefficient (Wildman–Crippen LogP) is 1.78. The first-order valence-corrected chi connectivity index (χ1v) is 5.36. The van der Waals surface area contributed by atoms with Crippen LogP contribution in [0.5, 0.6) is 11.5 Å². The third-order valence-corrected chi connectivity index (χ3v) is 2.85. The van der Waals surface area contributed by atoms with Crippen molar-refractivity contribution in [1.29, 1.82) is 0 Å². The van der Waals surface area contributed by atoms with E-state index in [1.54, 1.807) is 7.11 Å². The molecule has 1 aliphatic heterocycles. The van der Waals surface area contributed by atoms with Gasteiger partial charge in [0.15, 0.2) is 0 Å². The van der Waals surface area contributed by atoms with E-state index in [0.29, 0.717) is 18.2 Å². The summed E-state index contributed by atoms with van der Waals surface area (Å²) in [5.74, 6) is 1.66. The fourth-order valence-corrected chi connectivity index (χ4v) is 2.27. The molecule has 0 saturated heterocycles. The van der Waals surface area contributed by atoms with Crippen molar-refractivity contribution >= 4 is 11.6 Å². The highest BCUT2D eigenvalue weighted by atomic mass is 35.5. The van der Waals surface area contributed by atoms with Gasteiger partial charge in [-0.2, -0.15) is 0 Å². The van der Waals surface area contributed by atoms with Crippen molar-refractivity contribution in [2.45, 2.75) is 12.8 Å². The molecule has 0 bridgehead atoms. The van der Waals surface area contributed by atoms with E-state index >= 15 is 0 Å². The van der Waals surface area contributed by atoms with Gasteiger partial charge in [0.2, 0.25) is 0 Å². The van der Waals surface area contributed by atoms with E-state index in [-0.39, 0.29) is 0 Å². The summed E-state index contributed by atoms with van der Waals surface area (Å²) in [7, 11) is 1.63. The van der Waals surface area contributed by atoms with Crippen molar-refractivity contribution in [2.75, 3.05) is 20.3 Å². The fraction of sp³-hybridized carbons (Fsp3) is 0.455. The molecule has 0 amide bonds. The minimum Gasteiger partial charge on any atom is -0.495 e. The molecule has 15 heavy (non-hydrogen) atoms. The van der Waals surface area contributed by atoms with Gasteiger partial charge in [0.1, 0.15) is 11.5 Å². The van der Waals surface area contributed by atoms with Crippen molar-refractivity contribution in [1.82, 2.24) is 0 Å². The molecule has 82 valence electrons. The minimum absolute atomic E-state index is 0.596. The lowest BCUT2D eigenvalue weighted by Gasteiger charge is -2.12. The maximum Gasteiger partial charge on any atom is 0.144 e. The monoisotopic (exact) mass is 227 g/mol. The molecule has 0 aromatic heterocycles. The molecule has 3 nitrogen and oxygen atoms in total. The smallest absolute Gasteiger partial charge is 0.144 e. The Morgan fingerprint density at radius 2 is 2.40 bits per heavy atom. The van der Waals surface area contributed by atoms with Gasteiger partial charge in [0.25, 0.3) is 0 Å². The molecule has 0 fully saturated rings. The molecule has 1 aliphatic rings. The van der Waals surface area contributed by atoms with Gasteiger partial charge in [0, 0.05) is 12.0 Å². The molecule has 0 unspecified atom stereocenters. The fourth-order valence-electron chi connectivity index (χ4n) is 1.95. The van der Waals surface area contributed by atoms with Gasteiger partial charge in [-0.25, -0.2) is 0 Å². The Morgan fingerprint density at radius 3 is 3.07 bits per heavy atom. The van der Waals surface area contributed by atoms with Gasteiger partial charge in [-0.1, -0.05) is 11.6 Å². The maximum absolute atomic E-state index is 6.13. The molecule has 2 N–H and O–H groups in total. The number of ether oxygens (including phenoxy) is 2. The quantitative estimate of drug-likeness (QED) is 0.856. The van der Waals surface area contributed by atoms with Crippen LogP contribution >= 0.6 is 11.6 Å². The second-order valence-electron chi connectivity index (χ2n) is 3.50. The standard InChI is InChI=1S/C11H14ClNO2/c1-14-11-8-3-5-15-10(8)7(2-4-13)6-9(11)12/h6H,2-5,13H2,1H3. The van der Waals surface area contributed by atoms with Gasteiger partial charge in [-0.3, -0.25) is 0 Å². The van der Waals surface area contributed by atoms with E-state index in [9.17, 15) is 0 Å². The van der Waals surface area contributed by atoms with Crippen molar-refractivity contribution < 1.29 is 9.47 Å². The normalized spacial score (nSPS) is 13.5. The van der Waals surface area contributed by atoms with Crippen LogP contribution in [-0.2, 0) is 12.8 Å². The zero-order valence-corrected chi connectivity index (χ0v) is 9.43. The van der Waals surface area contributed by atoms with Crippen LogP contribution < -0.4 is 15.2 Å². The molecule has 1 aromatic rings. The summed E-state index contributed by atoms with van der Waals surface area (Å²) in [6.45, 7) is 1.29. The maximum atomic E-state index is 6.13.